The summed E-state index contributed by atoms with van der Waals surface area (Å²) in [7, 11) is 0. The van der Waals surface area contributed by atoms with Crippen molar-refractivity contribution in [3.05, 3.63) is 0 Å². The van der Waals surface area contributed by atoms with Crippen LogP contribution in [0.25, 0.3) is 0 Å². The molecule has 2 heterocycles. The van der Waals surface area contributed by atoms with E-state index in [1.807, 2.05) is 0 Å². The Hall–Kier alpha value is -0.0800. The van der Waals surface area contributed by atoms with Gasteiger partial charge in [-0.2, -0.15) is 0 Å². The van der Waals surface area contributed by atoms with Gasteiger partial charge in [-0.25, -0.2) is 0 Å². The van der Waals surface area contributed by atoms with Crippen molar-refractivity contribution >= 4 is 0 Å². The molecule has 0 aliphatic carbocycles. The molecule has 2 fully saturated rings. The van der Waals surface area contributed by atoms with E-state index in [0.717, 1.165) is 13.1 Å². The molecule has 0 aromatic heterocycles. The fourth-order valence-corrected chi connectivity index (χ4v) is 2.27. The van der Waals surface area contributed by atoms with E-state index in [2.05, 4.69) is 18.7 Å². The molecule has 0 saturated carbocycles. The molecule has 0 spiro atoms. The van der Waals surface area contributed by atoms with Crippen LogP contribution in [0.4, 0.5) is 0 Å². The minimum atomic E-state index is 0.542. The van der Waals surface area contributed by atoms with Gasteiger partial charge in [0.2, 0.25) is 0 Å². The molecule has 70 valence electrons. The number of morpholine rings is 1. The maximum Gasteiger partial charge on any atom is 0.0706 e. The lowest BCUT2D eigenvalue weighted by molar-refractivity contribution is -0.120. The van der Waals surface area contributed by atoms with Gasteiger partial charge in [-0.1, -0.05) is 0 Å². The molecular weight excluding hydrogens is 150 g/mol. The van der Waals surface area contributed by atoms with Crippen molar-refractivity contribution in [3.8, 4) is 0 Å². The average molecular weight is 169 g/mol. The van der Waals surface area contributed by atoms with E-state index >= 15 is 0 Å². The van der Waals surface area contributed by atoms with Crippen LogP contribution in [0.2, 0.25) is 0 Å². The van der Waals surface area contributed by atoms with Crippen LogP contribution in [0.15, 0.2) is 0 Å². The lowest BCUT2D eigenvalue weighted by atomic mass is 9.99. The van der Waals surface area contributed by atoms with E-state index in [-0.39, 0.29) is 0 Å². The molecule has 0 amide bonds. The van der Waals surface area contributed by atoms with E-state index in [0.29, 0.717) is 18.2 Å². The SMILES string of the molecule is CC(C)N1CC2CCCC(C1)O2. The lowest BCUT2D eigenvalue weighted by Gasteiger charge is -2.43. The first-order chi connectivity index (χ1) is 5.75. The highest BCUT2D eigenvalue weighted by Gasteiger charge is 2.31. The van der Waals surface area contributed by atoms with Crippen LogP contribution in [-0.2, 0) is 4.74 Å². The zero-order chi connectivity index (χ0) is 8.55. The molecule has 0 aromatic rings. The maximum absolute atomic E-state index is 5.86. The van der Waals surface area contributed by atoms with Gasteiger partial charge in [0.05, 0.1) is 12.2 Å². The first kappa shape index (κ1) is 8.52. The Morgan fingerprint density at radius 1 is 1.17 bits per heavy atom. The predicted molar refractivity (Wildman–Crippen MR) is 49.2 cm³/mol. The summed E-state index contributed by atoms with van der Waals surface area (Å²) < 4.78 is 5.86. The summed E-state index contributed by atoms with van der Waals surface area (Å²) in [5, 5.41) is 0. The van der Waals surface area contributed by atoms with Gasteiger partial charge in [0.15, 0.2) is 0 Å². The Labute approximate surface area is 74.9 Å². The number of hydrogen-bond donors (Lipinski definition) is 0. The highest BCUT2D eigenvalue weighted by atomic mass is 16.5. The summed E-state index contributed by atoms with van der Waals surface area (Å²) in [6.45, 7) is 6.88. The summed E-state index contributed by atoms with van der Waals surface area (Å²) in [5.74, 6) is 0. The summed E-state index contributed by atoms with van der Waals surface area (Å²) in [5.41, 5.74) is 0. The second-order valence-corrected chi connectivity index (χ2v) is 4.36. The second-order valence-electron chi connectivity index (χ2n) is 4.36. The van der Waals surface area contributed by atoms with Crippen molar-refractivity contribution < 1.29 is 4.74 Å². The summed E-state index contributed by atoms with van der Waals surface area (Å²) in [4.78, 5) is 2.55. The Balaban J connectivity index is 1.96. The van der Waals surface area contributed by atoms with Crippen LogP contribution in [0.1, 0.15) is 33.1 Å². The zero-order valence-electron chi connectivity index (χ0n) is 8.12. The van der Waals surface area contributed by atoms with Crippen LogP contribution in [0, 0.1) is 0 Å². The standard InChI is InChI=1S/C10H19NO/c1-8(2)11-6-9-4-3-5-10(7-11)12-9/h8-10H,3-7H2,1-2H3. The van der Waals surface area contributed by atoms with Crippen molar-refractivity contribution in [3.63, 3.8) is 0 Å². The summed E-state index contributed by atoms with van der Waals surface area (Å²) in [6.07, 6.45) is 5.01. The number of likely N-dealkylation sites (tertiary alicyclic amines) is 1. The largest absolute Gasteiger partial charge is 0.372 e. The Kier molecular flexibility index (Phi) is 2.37. The quantitative estimate of drug-likeness (QED) is 0.592. The van der Waals surface area contributed by atoms with Crippen molar-refractivity contribution in [2.75, 3.05) is 13.1 Å². The van der Waals surface area contributed by atoms with Crippen LogP contribution < -0.4 is 0 Å². The van der Waals surface area contributed by atoms with Gasteiger partial charge in [-0.15, -0.1) is 0 Å². The van der Waals surface area contributed by atoms with Crippen LogP contribution in [0.5, 0.6) is 0 Å². The smallest absolute Gasteiger partial charge is 0.0706 e. The van der Waals surface area contributed by atoms with Gasteiger partial charge >= 0.3 is 0 Å². The number of nitrogens with zero attached hydrogens (tertiary/aromatic N) is 1. The van der Waals surface area contributed by atoms with E-state index in [4.69, 9.17) is 4.74 Å². The normalized spacial score (nSPS) is 37.2. The lowest BCUT2D eigenvalue weighted by Crippen LogP contribution is -2.52. The maximum atomic E-state index is 5.86. The summed E-state index contributed by atoms with van der Waals surface area (Å²) in [6, 6.07) is 0.692. The van der Waals surface area contributed by atoms with Crippen molar-refractivity contribution in [1.82, 2.24) is 4.90 Å². The third-order valence-corrected chi connectivity index (χ3v) is 3.04. The fraction of sp³-hybridized carbons (Fsp3) is 1.00. The van der Waals surface area contributed by atoms with E-state index in [9.17, 15) is 0 Å². The average Bonchev–Trinajstić information content (AvgIpc) is 2.03. The highest BCUT2D eigenvalue weighted by Crippen LogP contribution is 2.25. The van der Waals surface area contributed by atoms with Crippen molar-refractivity contribution in [1.29, 1.82) is 0 Å². The third-order valence-electron chi connectivity index (χ3n) is 3.04. The van der Waals surface area contributed by atoms with Crippen LogP contribution in [0.3, 0.4) is 0 Å². The fourth-order valence-electron chi connectivity index (χ4n) is 2.27. The second kappa shape index (κ2) is 3.35. The molecule has 0 aromatic carbocycles. The Morgan fingerprint density at radius 3 is 2.25 bits per heavy atom. The van der Waals surface area contributed by atoms with Crippen molar-refractivity contribution in [2.45, 2.75) is 51.4 Å². The van der Waals surface area contributed by atoms with E-state index < -0.39 is 0 Å². The molecular formula is C10H19NO. The van der Waals surface area contributed by atoms with Crippen LogP contribution in [-0.4, -0.2) is 36.2 Å². The molecule has 0 radical (unpaired) electrons. The van der Waals surface area contributed by atoms with Gasteiger partial charge in [0.25, 0.3) is 0 Å². The summed E-state index contributed by atoms with van der Waals surface area (Å²) >= 11 is 0. The number of fused-ring (bicyclic) bond motifs is 2. The molecule has 2 nitrogen and oxygen atoms in total. The topological polar surface area (TPSA) is 12.5 Å². The monoisotopic (exact) mass is 169 g/mol. The highest BCUT2D eigenvalue weighted by molar-refractivity contribution is 4.83. The molecule has 2 atom stereocenters. The Bertz CT molecular complexity index is 146. The van der Waals surface area contributed by atoms with Gasteiger partial charge in [0.1, 0.15) is 0 Å². The van der Waals surface area contributed by atoms with Crippen LogP contribution >= 0.6 is 0 Å². The first-order valence-electron chi connectivity index (χ1n) is 5.15. The molecule has 2 unspecified atom stereocenters. The molecule has 0 N–H and O–H groups in total. The molecule has 2 rings (SSSR count). The molecule has 2 aliphatic rings. The number of ether oxygens (including phenoxy) is 1. The molecule has 2 saturated heterocycles. The number of hydrogen-bond acceptors (Lipinski definition) is 2. The molecule has 2 heteroatoms. The van der Waals surface area contributed by atoms with E-state index in [1.54, 1.807) is 0 Å². The first-order valence-corrected chi connectivity index (χ1v) is 5.15. The zero-order valence-corrected chi connectivity index (χ0v) is 8.12. The van der Waals surface area contributed by atoms with Gasteiger partial charge in [-0.05, 0) is 33.1 Å². The molecule has 2 aliphatic heterocycles. The molecule has 12 heavy (non-hydrogen) atoms. The van der Waals surface area contributed by atoms with Gasteiger partial charge < -0.3 is 4.74 Å². The van der Waals surface area contributed by atoms with Gasteiger partial charge in [-0.3, -0.25) is 4.90 Å². The van der Waals surface area contributed by atoms with E-state index in [1.165, 1.54) is 19.3 Å². The predicted octanol–water partition coefficient (Wildman–Crippen LogP) is 1.65. The molecule has 2 bridgehead atoms. The minimum Gasteiger partial charge on any atom is -0.372 e. The number of rotatable bonds is 1. The van der Waals surface area contributed by atoms with Crippen molar-refractivity contribution in [2.24, 2.45) is 0 Å². The van der Waals surface area contributed by atoms with Gasteiger partial charge in [0, 0.05) is 19.1 Å². The minimum absolute atomic E-state index is 0.542. The Morgan fingerprint density at radius 2 is 1.75 bits per heavy atom. The third kappa shape index (κ3) is 1.64.